The van der Waals surface area contributed by atoms with E-state index in [1.165, 1.54) is 6.08 Å². The maximum Gasteiger partial charge on any atom is 0.244 e. The Morgan fingerprint density at radius 1 is 1.42 bits per heavy atom. The SMILES string of the molecule is Cc1csc(CNC(=O)/C=C/c2ccc(N)cc2)n1. The molecule has 0 radical (unpaired) electrons. The van der Waals surface area contributed by atoms with Crippen LogP contribution in [-0.4, -0.2) is 10.9 Å². The van der Waals surface area contributed by atoms with E-state index in [1.807, 2.05) is 24.4 Å². The number of nitrogens with zero attached hydrogens (tertiary/aromatic N) is 1. The number of hydrogen-bond acceptors (Lipinski definition) is 4. The van der Waals surface area contributed by atoms with Crippen LogP contribution in [0.25, 0.3) is 6.08 Å². The van der Waals surface area contributed by atoms with Crippen molar-refractivity contribution >= 4 is 29.0 Å². The molecule has 0 saturated carbocycles. The van der Waals surface area contributed by atoms with Crippen LogP contribution in [0.2, 0.25) is 0 Å². The summed E-state index contributed by atoms with van der Waals surface area (Å²) in [6, 6.07) is 7.33. The number of nitrogens with two attached hydrogens (primary N) is 1. The van der Waals surface area contributed by atoms with Crippen molar-refractivity contribution in [3.63, 3.8) is 0 Å². The van der Waals surface area contributed by atoms with E-state index in [-0.39, 0.29) is 5.91 Å². The van der Waals surface area contributed by atoms with E-state index in [0.717, 1.165) is 16.3 Å². The van der Waals surface area contributed by atoms with Crippen molar-refractivity contribution in [3.05, 3.63) is 52.0 Å². The lowest BCUT2D eigenvalue weighted by atomic mass is 10.2. The predicted molar refractivity (Wildman–Crippen MR) is 78.6 cm³/mol. The molecule has 0 saturated heterocycles. The third-order valence-corrected chi connectivity index (χ3v) is 3.41. The van der Waals surface area contributed by atoms with Crippen LogP contribution in [0.3, 0.4) is 0 Å². The van der Waals surface area contributed by atoms with Gasteiger partial charge in [0.05, 0.1) is 6.54 Å². The molecule has 1 heterocycles. The summed E-state index contributed by atoms with van der Waals surface area (Å²) in [4.78, 5) is 15.9. The summed E-state index contributed by atoms with van der Waals surface area (Å²) in [5.41, 5.74) is 8.21. The molecule has 0 spiro atoms. The van der Waals surface area contributed by atoms with Crippen LogP contribution in [0, 0.1) is 6.92 Å². The maximum atomic E-state index is 11.6. The molecule has 2 rings (SSSR count). The number of hydrogen-bond donors (Lipinski definition) is 2. The highest BCUT2D eigenvalue weighted by Crippen LogP contribution is 2.08. The number of rotatable bonds is 4. The second-order valence-corrected chi connectivity index (χ2v) is 5.04. The first kappa shape index (κ1) is 13.3. The van der Waals surface area contributed by atoms with E-state index in [1.54, 1.807) is 29.5 Å². The molecule has 5 heteroatoms. The summed E-state index contributed by atoms with van der Waals surface area (Å²) in [6.45, 7) is 2.40. The van der Waals surface area contributed by atoms with E-state index in [0.29, 0.717) is 12.2 Å². The van der Waals surface area contributed by atoms with Gasteiger partial charge in [-0.05, 0) is 30.7 Å². The van der Waals surface area contributed by atoms with E-state index in [9.17, 15) is 4.79 Å². The van der Waals surface area contributed by atoms with E-state index in [2.05, 4.69) is 10.3 Å². The fourth-order valence-electron chi connectivity index (χ4n) is 1.48. The average molecular weight is 273 g/mol. The highest BCUT2D eigenvalue weighted by molar-refractivity contribution is 7.09. The van der Waals surface area contributed by atoms with Gasteiger partial charge in [-0.15, -0.1) is 11.3 Å². The Balaban J connectivity index is 1.85. The van der Waals surface area contributed by atoms with Gasteiger partial charge in [-0.25, -0.2) is 4.98 Å². The van der Waals surface area contributed by atoms with Crippen molar-refractivity contribution in [1.29, 1.82) is 0 Å². The summed E-state index contributed by atoms with van der Waals surface area (Å²) >= 11 is 1.54. The Hall–Kier alpha value is -2.14. The van der Waals surface area contributed by atoms with E-state index >= 15 is 0 Å². The molecule has 19 heavy (non-hydrogen) atoms. The zero-order valence-electron chi connectivity index (χ0n) is 10.6. The summed E-state index contributed by atoms with van der Waals surface area (Å²) in [5, 5.41) is 5.66. The summed E-state index contributed by atoms with van der Waals surface area (Å²) < 4.78 is 0. The van der Waals surface area contributed by atoms with Gasteiger partial charge < -0.3 is 11.1 Å². The molecular formula is C14H15N3OS. The molecule has 0 bridgehead atoms. The lowest BCUT2D eigenvalue weighted by molar-refractivity contribution is -0.116. The number of amides is 1. The number of aromatic nitrogens is 1. The van der Waals surface area contributed by atoms with Crippen LogP contribution in [-0.2, 0) is 11.3 Å². The van der Waals surface area contributed by atoms with Crippen molar-refractivity contribution in [3.8, 4) is 0 Å². The number of carbonyl (C=O) groups is 1. The van der Waals surface area contributed by atoms with E-state index < -0.39 is 0 Å². The molecule has 0 atom stereocenters. The van der Waals surface area contributed by atoms with Crippen LogP contribution in [0.4, 0.5) is 5.69 Å². The molecule has 1 amide bonds. The Morgan fingerprint density at radius 2 is 2.16 bits per heavy atom. The summed E-state index contributed by atoms with van der Waals surface area (Å²) in [6.07, 6.45) is 3.26. The minimum atomic E-state index is -0.135. The first-order chi connectivity index (χ1) is 9.13. The smallest absolute Gasteiger partial charge is 0.244 e. The van der Waals surface area contributed by atoms with Crippen LogP contribution >= 0.6 is 11.3 Å². The van der Waals surface area contributed by atoms with Gasteiger partial charge in [-0.2, -0.15) is 0 Å². The highest BCUT2D eigenvalue weighted by Gasteiger charge is 2.00. The zero-order valence-corrected chi connectivity index (χ0v) is 11.4. The largest absolute Gasteiger partial charge is 0.399 e. The normalized spacial score (nSPS) is 10.8. The van der Waals surface area contributed by atoms with Crippen molar-refractivity contribution < 1.29 is 4.79 Å². The van der Waals surface area contributed by atoms with Gasteiger partial charge in [0.15, 0.2) is 0 Å². The molecule has 0 aliphatic rings. The van der Waals surface area contributed by atoms with Crippen LogP contribution in [0.15, 0.2) is 35.7 Å². The topological polar surface area (TPSA) is 68.0 Å². The molecule has 98 valence electrons. The molecule has 0 aliphatic heterocycles. The number of nitrogen functional groups attached to an aromatic ring is 1. The first-order valence-electron chi connectivity index (χ1n) is 5.86. The van der Waals surface area contributed by atoms with Crippen molar-refractivity contribution in [2.45, 2.75) is 13.5 Å². The quantitative estimate of drug-likeness (QED) is 0.664. The number of aryl methyl sites for hydroxylation is 1. The van der Waals surface area contributed by atoms with Crippen LogP contribution in [0.1, 0.15) is 16.3 Å². The Morgan fingerprint density at radius 3 is 2.79 bits per heavy atom. The first-order valence-corrected chi connectivity index (χ1v) is 6.74. The molecule has 4 nitrogen and oxygen atoms in total. The molecule has 0 aliphatic carbocycles. The Bertz CT molecular complexity index is 587. The Kier molecular flexibility index (Phi) is 4.30. The second-order valence-electron chi connectivity index (χ2n) is 4.10. The maximum absolute atomic E-state index is 11.6. The number of carbonyl (C=O) groups excluding carboxylic acids is 1. The summed E-state index contributed by atoms with van der Waals surface area (Å²) in [7, 11) is 0. The Labute approximate surface area is 116 Å². The van der Waals surface area contributed by atoms with Gasteiger partial charge in [0.2, 0.25) is 5.91 Å². The summed E-state index contributed by atoms with van der Waals surface area (Å²) in [5.74, 6) is -0.135. The zero-order chi connectivity index (χ0) is 13.7. The van der Waals surface area contributed by atoms with E-state index in [4.69, 9.17) is 5.73 Å². The van der Waals surface area contributed by atoms with Crippen molar-refractivity contribution in [2.24, 2.45) is 0 Å². The molecule has 0 fully saturated rings. The third kappa shape index (κ3) is 4.22. The minimum absolute atomic E-state index is 0.135. The van der Waals surface area contributed by atoms with Gasteiger partial charge in [0.25, 0.3) is 0 Å². The molecule has 3 N–H and O–H groups in total. The molecular weight excluding hydrogens is 258 g/mol. The van der Waals surface area contributed by atoms with Crippen molar-refractivity contribution in [1.82, 2.24) is 10.3 Å². The number of anilines is 1. The monoisotopic (exact) mass is 273 g/mol. The second kappa shape index (κ2) is 6.15. The molecule has 1 aromatic heterocycles. The molecule has 0 unspecified atom stereocenters. The molecule has 2 aromatic rings. The van der Waals surface area contributed by atoms with Gasteiger partial charge in [0, 0.05) is 22.8 Å². The lowest BCUT2D eigenvalue weighted by Crippen LogP contribution is -2.20. The third-order valence-electron chi connectivity index (χ3n) is 2.44. The van der Waals surface area contributed by atoms with Gasteiger partial charge in [-0.3, -0.25) is 4.79 Å². The van der Waals surface area contributed by atoms with Crippen LogP contribution < -0.4 is 11.1 Å². The van der Waals surface area contributed by atoms with Gasteiger partial charge in [0.1, 0.15) is 5.01 Å². The fourth-order valence-corrected chi connectivity index (χ4v) is 2.20. The number of thiazole rings is 1. The average Bonchev–Trinajstić information content (AvgIpc) is 2.81. The standard InChI is InChI=1S/C14H15N3OS/c1-10-9-19-14(17-10)8-16-13(18)7-4-11-2-5-12(15)6-3-11/h2-7,9H,8,15H2,1H3,(H,16,18)/b7-4+. The number of nitrogens with one attached hydrogen (secondary N) is 1. The molecule has 1 aromatic carbocycles. The van der Waals surface area contributed by atoms with Gasteiger partial charge in [-0.1, -0.05) is 12.1 Å². The van der Waals surface area contributed by atoms with Gasteiger partial charge >= 0.3 is 0 Å². The minimum Gasteiger partial charge on any atom is -0.399 e. The lowest BCUT2D eigenvalue weighted by Gasteiger charge is -1.98. The predicted octanol–water partition coefficient (Wildman–Crippen LogP) is 2.36. The highest BCUT2D eigenvalue weighted by atomic mass is 32.1. The number of benzene rings is 1. The fraction of sp³-hybridized carbons (Fsp3) is 0.143. The van der Waals surface area contributed by atoms with Crippen LogP contribution in [0.5, 0.6) is 0 Å². The van der Waals surface area contributed by atoms with Crippen molar-refractivity contribution in [2.75, 3.05) is 5.73 Å².